The summed E-state index contributed by atoms with van der Waals surface area (Å²) in [6, 6.07) is 8.00. The summed E-state index contributed by atoms with van der Waals surface area (Å²) < 4.78 is 5.60. The van der Waals surface area contributed by atoms with E-state index in [4.69, 9.17) is 0 Å². The number of methoxy groups -OCH3 is 1. The molecule has 1 aromatic rings. The van der Waals surface area contributed by atoms with Crippen LogP contribution in [0.1, 0.15) is 18.4 Å². The van der Waals surface area contributed by atoms with Crippen molar-refractivity contribution in [2.24, 2.45) is 0 Å². The van der Waals surface area contributed by atoms with Gasteiger partial charge in [-0.25, -0.2) is 0 Å². The van der Waals surface area contributed by atoms with E-state index < -0.39 is 0 Å². The number of hydrogen-bond acceptors (Lipinski definition) is 2. The molecular formula is C12H13BrO2. The van der Waals surface area contributed by atoms with Gasteiger partial charge in [0, 0.05) is 10.9 Å². The van der Waals surface area contributed by atoms with Crippen molar-refractivity contribution in [3.05, 3.63) is 40.4 Å². The minimum absolute atomic E-state index is 0.171. The van der Waals surface area contributed by atoms with E-state index in [0.717, 1.165) is 10.0 Å². The second-order valence-corrected chi connectivity index (χ2v) is 3.98. The molecule has 0 atom stereocenters. The Kier molecular flexibility index (Phi) is 5.12. The lowest BCUT2D eigenvalue weighted by Crippen LogP contribution is -1.97. The average molecular weight is 269 g/mol. The van der Waals surface area contributed by atoms with Gasteiger partial charge in [0.25, 0.3) is 0 Å². The third kappa shape index (κ3) is 4.79. The molecule has 0 saturated carbocycles. The van der Waals surface area contributed by atoms with Crippen molar-refractivity contribution < 1.29 is 9.53 Å². The Bertz CT molecular complexity index is 341. The highest BCUT2D eigenvalue weighted by molar-refractivity contribution is 9.10. The van der Waals surface area contributed by atoms with Crippen LogP contribution in [0, 0.1) is 0 Å². The van der Waals surface area contributed by atoms with Crippen molar-refractivity contribution in [1.82, 2.24) is 0 Å². The van der Waals surface area contributed by atoms with Crippen molar-refractivity contribution in [2.75, 3.05) is 7.11 Å². The summed E-state index contributed by atoms with van der Waals surface area (Å²) in [5.41, 5.74) is 1.13. The molecule has 1 aromatic carbocycles. The van der Waals surface area contributed by atoms with Crippen LogP contribution in [-0.4, -0.2) is 13.1 Å². The van der Waals surface area contributed by atoms with Crippen LogP contribution in [0.4, 0.5) is 0 Å². The molecule has 0 aliphatic rings. The fourth-order valence-corrected chi connectivity index (χ4v) is 1.36. The maximum absolute atomic E-state index is 10.8. The Balaban J connectivity index is 2.38. The monoisotopic (exact) mass is 268 g/mol. The minimum Gasteiger partial charge on any atom is -0.469 e. The van der Waals surface area contributed by atoms with E-state index in [1.807, 2.05) is 36.4 Å². The fourth-order valence-electron chi connectivity index (χ4n) is 1.10. The first kappa shape index (κ1) is 12.0. The fraction of sp³-hybridized carbons (Fsp3) is 0.250. The van der Waals surface area contributed by atoms with Gasteiger partial charge in [-0.1, -0.05) is 40.2 Å². The molecule has 1 rings (SSSR count). The van der Waals surface area contributed by atoms with Gasteiger partial charge >= 0.3 is 5.97 Å². The molecule has 0 aliphatic carbocycles. The second kappa shape index (κ2) is 6.40. The van der Waals surface area contributed by atoms with E-state index >= 15 is 0 Å². The molecule has 0 fully saturated rings. The molecular weight excluding hydrogens is 256 g/mol. The molecule has 0 unspecified atom stereocenters. The largest absolute Gasteiger partial charge is 0.469 e. The molecule has 0 bridgehead atoms. The standard InChI is InChI=1S/C12H13BrO2/c1-15-12(14)5-3-2-4-10-6-8-11(13)9-7-10/h2,4,6-9H,3,5H2,1H3. The smallest absolute Gasteiger partial charge is 0.305 e. The molecule has 80 valence electrons. The predicted molar refractivity (Wildman–Crippen MR) is 64.4 cm³/mol. The van der Waals surface area contributed by atoms with Gasteiger partial charge in [0.1, 0.15) is 0 Å². The minimum atomic E-state index is -0.171. The van der Waals surface area contributed by atoms with Crippen LogP contribution in [0.5, 0.6) is 0 Å². The Morgan fingerprint density at radius 1 is 1.40 bits per heavy atom. The van der Waals surface area contributed by atoms with E-state index in [0.29, 0.717) is 12.8 Å². The SMILES string of the molecule is COC(=O)CCC=Cc1ccc(Br)cc1. The Hall–Kier alpha value is -1.09. The van der Waals surface area contributed by atoms with E-state index in [1.54, 1.807) is 0 Å². The van der Waals surface area contributed by atoms with Crippen LogP contribution in [0.25, 0.3) is 6.08 Å². The lowest BCUT2D eigenvalue weighted by molar-refractivity contribution is -0.140. The van der Waals surface area contributed by atoms with Gasteiger partial charge in [-0.3, -0.25) is 4.79 Å². The van der Waals surface area contributed by atoms with Gasteiger partial charge in [0.05, 0.1) is 7.11 Å². The number of carbonyl (C=O) groups is 1. The van der Waals surface area contributed by atoms with Crippen LogP contribution in [-0.2, 0) is 9.53 Å². The molecule has 0 amide bonds. The summed E-state index contributed by atoms with van der Waals surface area (Å²) in [7, 11) is 1.40. The van der Waals surface area contributed by atoms with E-state index in [9.17, 15) is 4.79 Å². The number of benzene rings is 1. The summed E-state index contributed by atoms with van der Waals surface area (Å²) >= 11 is 3.37. The molecule has 2 nitrogen and oxygen atoms in total. The first-order chi connectivity index (χ1) is 7.22. The molecule has 0 spiro atoms. The summed E-state index contributed by atoms with van der Waals surface area (Å²) in [5, 5.41) is 0. The molecule has 0 saturated heterocycles. The number of carbonyl (C=O) groups excluding carboxylic acids is 1. The average Bonchev–Trinajstić information content (AvgIpc) is 2.26. The van der Waals surface area contributed by atoms with Gasteiger partial charge in [-0.05, 0) is 24.1 Å². The van der Waals surface area contributed by atoms with Crippen LogP contribution in [0.3, 0.4) is 0 Å². The van der Waals surface area contributed by atoms with Gasteiger partial charge in [0.2, 0.25) is 0 Å². The highest BCUT2D eigenvalue weighted by Crippen LogP contribution is 2.11. The first-order valence-corrected chi connectivity index (χ1v) is 5.50. The van der Waals surface area contributed by atoms with Crippen molar-refractivity contribution in [2.45, 2.75) is 12.8 Å². The number of rotatable bonds is 4. The van der Waals surface area contributed by atoms with Gasteiger partial charge in [-0.15, -0.1) is 0 Å². The summed E-state index contributed by atoms with van der Waals surface area (Å²) in [6.07, 6.45) is 5.11. The Labute approximate surface area is 98.1 Å². The zero-order chi connectivity index (χ0) is 11.1. The summed E-state index contributed by atoms with van der Waals surface area (Å²) in [6.45, 7) is 0. The maximum Gasteiger partial charge on any atom is 0.305 e. The topological polar surface area (TPSA) is 26.3 Å². The molecule has 0 heterocycles. The number of esters is 1. The van der Waals surface area contributed by atoms with Crippen molar-refractivity contribution in [1.29, 1.82) is 0 Å². The van der Waals surface area contributed by atoms with Gasteiger partial charge in [-0.2, -0.15) is 0 Å². The van der Waals surface area contributed by atoms with Crippen molar-refractivity contribution in [3.63, 3.8) is 0 Å². The van der Waals surface area contributed by atoms with Crippen LogP contribution < -0.4 is 0 Å². The molecule has 0 aliphatic heterocycles. The third-order valence-corrected chi connectivity index (χ3v) is 2.45. The molecule has 0 aromatic heterocycles. The summed E-state index contributed by atoms with van der Waals surface area (Å²) in [4.78, 5) is 10.8. The third-order valence-electron chi connectivity index (χ3n) is 1.92. The predicted octanol–water partition coefficient (Wildman–Crippen LogP) is 3.42. The number of allylic oxidation sites excluding steroid dienone is 1. The van der Waals surface area contributed by atoms with Crippen LogP contribution >= 0.6 is 15.9 Å². The zero-order valence-corrected chi connectivity index (χ0v) is 10.2. The molecule has 0 N–H and O–H groups in total. The van der Waals surface area contributed by atoms with Crippen LogP contribution in [0.15, 0.2) is 34.8 Å². The normalized spacial score (nSPS) is 10.5. The maximum atomic E-state index is 10.8. The number of hydrogen-bond donors (Lipinski definition) is 0. The highest BCUT2D eigenvalue weighted by Gasteiger charge is 1.95. The van der Waals surface area contributed by atoms with E-state index in [2.05, 4.69) is 20.7 Å². The van der Waals surface area contributed by atoms with Gasteiger partial charge < -0.3 is 4.74 Å². The van der Waals surface area contributed by atoms with E-state index in [1.165, 1.54) is 7.11 Å². The van der Waals surface area contributed by atoms with Crippen molar-refractivity contribution >= 4 is 28.0 Å². The number of halogens is 1. The Morgan fingerprint density at radius 3 is 2.67 bits per heavy atom. The highest BCUT2D eigenvalue weighted by atomic mass is 79.9. The van der Waals surface area contributed by atoms with Gasteiger partial charge in [0.15, 0.2) is 0 Å². The first-order valence-electron chi connectivity index (χ1n) is 4.71. The lowest BCUT2D eigenvalue weighted by Gasteiger charge is -1.95. The van der Waals surface area contributed by atoms with Crippen molar-refractivity contribution in [3.8, 4) is 0 Å². The lowest BCUT2D eigenvalue weighted by atomic mass is 10.2. The number of ether oxygens (including phenoxy) is 1. The van der Waals surface area contributed by atoms with E-state index in [-0.39, 0.29) is 5.97 Å². The zero-order valence-electron chi connectivity index (χ0n) is 8.57. The molecule has 0 radical (unpaired) electrons. The molecule has 3 heteroatoms. The quantitative estimate of drug-likeness (QED) is 0.783. The summed E-state index contributed by atoms with van der Waals surface area (Å²) in [5.74, 6) is -0.171. The molecule has 15 heavy (non-hydrogen) atoms. The second-order valence-electron chi connectivity index (χ2n) is 3.07. The Morgan fingerprint density at radius 2 is 2.07 bits per heavy atom. The van der Waals surface area contributed by atoms with Crippen LogP contribution in [0.2, 0.25) is 0 Å².